The average molecular weight is 251 g/mol. The van der Waals surface area contributed by atoms with Crippen molar-refractivity contribution in [1.82, 2.24) is 0 Å². The van der Waals surface area contributed by atoms with Gasteiger partial charge in [-0.15, -0.1) is 11.8 Å². The van der Waals surface area contributed by atoms with E-state index in [4.69, 9.17) is 5.73 Å². The third-order valence-corrected chi connectivity index (χ3v) is 3.47. The zero-order chi connectivity index (χ0) is 12.3. The van der Waals surface area contributed by atoms with Gasteiger partial charge >= 0.3 is 0 Å². The Hall–Kier alpha value is -1.55. The lowest BCUT2D eigenvalue weighted by atomic mass is 10.2. The fraction of sp³-hybridized carbons (Fsp3) is 0.0769. The Labute approximate surface area is 103 Å². The molecule has 0 aliphatic heterocycles. The number of rotatable bonds is 3. The zero-order valence-corrected chi connectivity index (χ0v) is 9.81. The smallest absolute Gasteiger partial charge is 0.130 e. The van der Waals surface area contributed by atoms with Crippen LogP contribution in [0.4, 0.5) is 14.5 Å². The summed E-state index contributed by atoms with van der Waals surface area (Å²) in [6.07, 6.45) is 0. The lowest BCUT2D eigenvalue weighted by Gasteiger charge is -2.06. The lowest BCUT2D eigenvalue weighted by Crippen LogP contribution is -1.94. The molecule has 0 amide bonds. The van der Waals surface area contributed by atoms with Crippen LogP contribution < -0.4 is 5.73 Å². The van der Waals surface area contributed by atoms with Crippen molar-refractivity contribution < 1.29 is 8.78 Å². The van der Waals surface area contributed by atoms with Crippen LogP contribution in [0.1, 0.15) is 5.56 Å². The number of nitrogen functional groups attached to an aromatic ring is 1. The topological polar surface area (TPSA) is 26.0 Å². The molecule has 0 spiro atoms. The fourth-order valence-corrected chi connectivity index (χ4v) is 2.42. The summed E-state index contributed by atoms with van der Waals surface area (Å²) in [4.78, 5) is 0.829. The first-order chi connectivity index (χ1) is 8.18. The van der Waals surface area contributed by atoms with Crippen LogP contribution in [0.2, 0.25) is 0 Å². The molecule has 0 aliphatic rings. The van der Waals surface area contributed by atoms with Crippen LogP contribution in [0.25, 0.3) is 0 Å². The Kier molecular flexibility index (Phi) is 3.64. The maximum Gasteiger partial charge on any atom is 0.130 e. The fourth-order valence-electron chi connectivity index (χ4n) is 1.43. The molecule has 0 radical (unpaired) electrons. The van der Waals surface area contributed by atoms with Gasteiger partial charge in [-0.2, -0.15) is 0 Å². The first-order valence-corrected chi connectivity index (χ1v) is 6.07. The molecule has 2 N–H and O–H groups in total. The number of nitrogens with two attached hydrogens (primary N) is 1. The Morgan fingerprint density at radius 1 is 0.941 bits per heavy atom. The number of hydrogen-bond donors (Lipinski definition) is 1. The highest BCUT2D eigenvalue weighted by atomic mass is 32.2. The number of thioether (sulfide) groups is 1. The minimum atomic E-state index is -0.521. The molecule has 17 heavy (non-hydrogen) atoms. The standard InChI is InChI=1S/C13H11F2NS/c14-10-4-3-5-11(15)9(10)8-17-13-7-2-1-6-12(13)16/h1-7H,8,16H2. The summed E-state index contributed by atoms with van der Waals surface area (Å²) in [7, 11) is 0. The number of halogens is 2. The number of para-hydroxylation sites is 1. The Bertz CT molecular complexity index is 508. The summed E-state index contributed by atoms with van der Waals surface area (Å²) < 4.78 is 26.7. The number of anilines is 1. The average Bonchev–Trinajstić information content (AvgIpc) is 2.30. The highest BCUT2D eigenvalue weighted by molar-refractivity contribution is 7.98. The molecule has 0 unspecified atom stereocenters. The van der Waals surface area contributed by atoms with Gasteiger partial charge in [-0.05, 0) is 24.3 Å². The van der Waals surface area contributed by atoms with Gasteiger partial charge in [0, 0.05) is 21.9 Å². The molecule has 0 bridgehead atoms. The third kappa shape index (κ3) is 2.77. The van der Waals surface area contributed by atoms with Gasteiger partial charge in [0.25, 0.3) is 0 Å². The molecular formula is C13H11F2NS. The summed E-state index contributed by atoms with van der Waals surface area (Å²) in [5.41, 5.74) is 6.46. The molecule has 0 aliphatic carbocycles. The van der Waals surface area contributed by atoms with Gasteiger partial charge in [0.15, 0.2) is 0 Å². The van der Waals surface area contributed by atoms with Crippen LogP contribution in [0, 0.1) is 11.6 Å². The van der Waals surface area contributed by atoms with E-state index in [2.05, 4.69) is 0 Å². The predicted molar refractivity (Wildman–Crippen MR) is 66.8 cm³/mol. The first kappa shape index (κ1) is 11.9. The molecule has 4 heteroatoms. The van der Waals surface area contributed by atoms with Gasteiger partial charge in [-0.1, -0.05) is 18.2 Å². The normalized spacial score (nSPS) is 10.5. The van der Waals surface area contributed by atoms with Crippen molar-refractivity contribution in [2.75, 3.05) is 5.73 Å². The summed E-state index contributed by atoms with van der Waals surface area (Å²) >= 11 is 1.32. The van der Waals surface area contributed by atoms with E-state index in [-0.39, 0.29) is 11.3 Å². The van der Waals surface area contributed by atoms with Crippen LogP contribution in [-0.4, -0.2) is 0 Å². The maximum absolute atomic E-state index is 13.4. The van der Waals surface area contributed by atoms with Gasteiger partial charge in [-0.3, -0.25) is 0 Å². The van der Waals surface area contributed by atoms with Crippen molar-refractivity contribution in [1.29, 1.82) is 0 Å². The molecule has 2 aromatic rings. The minimum absolute atomic E-state index is 0.0840. The van der Waals surface area contributed by atoms with Crippen molar-refractivity contribution in [2.45, 2.75) is 10.6 Å². The summed E-state index contributed by atoms with van der Waals surface area (Å²) in [6, 6.07) is 11.1. The van der Waals surface area contributed by atoms with Gasteiger partial charge in [0.2, 0.25) is 0 Å². The monoisotopic (exact) mass is 251 g/mol. The van der Waals surface area contributed by atoms with Crippen LogP contribution >= 0.6 is 11.8 Å². The van der Waals surface area contributed by atoms with Crippen LogP contribution in [0.3, 0.4) is 0 Å². The van der Waals surface area contributed by atoms with Gasteiger partial charge in [0.05, 0.1) is 0 Å². The van der Waals surface area contributed by atoms with E-state index < -0.39 is 11.6 Å². The largest absolute Gasteiger partial charge is 0.398 e. The predicted octanol–water partition coefficient (Wildman–Crippen LogP) is 3.84. The van der Waals surface area contributed by atoms with Crippen molar-refractivity contribution >= 4 is 17.4 Å². The van der Waals surface area contributed by atoms with Crippen LogP contribution in [0.15, 0.2) is 47.4 Å². The van der Waals surface area contributed by atoms with E-state index in [1.807, 2.05) is 18.2 Å². The summed E-state index contributed by atoms with van der Waals surface area (Å²) in [5, 5.41) is 0. The molecule has 0 heterocycles. The number of hydrogen-bond acceptors (Lipinski definition) is 2. The Morgan fingerprint density at radius 2 is 1.59 bits per heavy atom. The SMILES string of the molecule is Nc1ccccc1SCc1c(F)cccc1F. The second kappa shape index (κ2) is 5.19. The summed E-state index contributed by atoms with van der Waals surface area (Å²) in [6.45, 7) is 0. The molecule has 0 aromatic heterocycles. The molecule has 0 fully saturated rings. The van der Waals surface area contributed by atoms with Crippen molar-refractivity contribution in [2.24, 2.45) is 0 Å². The van der Waals surface area contributed by atoms with E-state index in [1.165, 1.54) is 30.0 Å². The van der Waals surface area contributed by atoms with Crippen molar-refractivity contribution in [3.8, 4) is 0 Å². The summed E-state index contributed by atoms with van der Waals surface area (Å²) in [5.74, 6) is -0.814. The molecule has 0 saturated carbocycles. The van der Waals surface area contributed by atoms with E-state index in [9.17, 15) is 8.78 Å². The van der Waals surface area contributed by atoms with Crippen LogP contribution in [-0.2, 0) is 5.75 Å². The Morgan fingerprint density at radius 3 is 2.24 bits per heavy atom. The minimum Gasteiger partial charge on any atom is -0.398 e. The van der Waals surface area contributed by atoms with Crippen molar-refractivity contribution in [3.63, 3.8) is 0 Å². The second-order valence-electron chi connectivity index (χ2n) is 3.53. The second-order valence-corrected chi connectivity index (χ2v) is 4.54. The highest BCUT2D eigenvalue weighted by Gasteiger charge is 2.09. The molecule has 2 aromatic carbocycles. The maximum atomic E-state index is 13.4. The van der Waals surface area contributed by atoms with Gasteiger partial charge in [-0.25, -0.2) is 8.78 Å². The molecule has 1 nitrogen and oxygen atoms in total. The van der Waals surface area contributed by atoms with Gasteiger partial charge < -0.3 is 5.73 Å². The van der Waals surface area contributed by atoms with Crippen LogP contribution in [0.5, 0.6) is 0 Å². The third-order valence-electron chi connectivity index (χ3n) is 2.35. The molecule has 2 rings (SSSR count). The molecule has 88 valence electrons. The van der Waals surface area contributed by atoms with E-state index in [0.29, 0.717) is 5.69 Å². The lowest BCUT2D eigenvalue weighted by molar-refractivity contribution is 0.566. The van der Waals surface area contributed by atoms with E-state index >= 15 is 0 Å². The zero-order valence-electron chi connectivity index (χ0n) is 8.99. The van der Waals surface area contributed by atoms with Gasteiger partial charge in [0.1, 0.15) is 11.6 Å². The highest BCUT2D eigenvalue weighted by Crippen LogP contribution is 2.29. The molecular weight excluding hydrogens is 240 g/mol. The quantitative estimate of drug-likeness (QED) is 0.662. The molecule has 0 saturated heterocycles. The molecule has 0 atom stereocenters. The Balaban J connectivity index is 2.16. The van der Waals surface area contributed by atoms with Crippen molar-refractivity contribution in [3.05, 3.63) is 59.7 Å². The first-order valence-electron chi connectivity index (χ1n) is 5.08. The van der Waals surface area contributed by atoms with E-state index in [1.54, 1.807) is 6.07 Å². The number of benzene rings is 2. The van der Waals surface area contributed by atoms with E-state index in [0.717, 1.165) is 4.90 Å².